The van der Waals surface area contributed by atoms with Crippen LogP contribution in [0.3, 0.4) is 0 Å². The molecule has 1 aliphatic heterocycles. The third kappa shape index (κ3) is 3.02. The molecule has 5 nitrogen and oxygen atoms in total. The van der Waals surface area contributed by atoms with Crippen molar-refractivity contribution >= 4 is 23.2 Å². The smallest absolute Gasteiger partial charge is 0.266 e. The lowest BCUT2D eigenvalue weighted by Gasteiger charge is -2.25. The summed E-state index contributed by atoms with van der Waals surface area (Å²) in [7, 11) is 0. The molecule has 0 bridgehead atoms. The summed E-state index contributed by atoms with van der Waals surface area (Å²) >= 11 is 0. The van der Waals surface area contributed by atoms with Crippen molar-refractivity contribution in [3.05, 3.63) is 54.6 Å². The molecule has 0 radical (unpaired) electrons. The largest absolute Gasteiger partial charge is 0.478 e. The fourth-order valence-corrected chi connectivity index (χ4v) is 2.13. The molecule has 2 aromatic carbocycles. The van der Waals surface area contributed by atoms with E-state index in [9.17, 15) is 9.59 Å². The number of amides is 2. The number of carbonyl (C=O) groups excluding carboxylic acids is 2. The van der Waals surface area contributed by atoms with Crippen molar-refractivity contribution in [3.63, 3.8) is 0 Å². The van der Waals surface area contributed by atoms with E-state index in [0.29, 0.717) is 17.1 Å². The van der Waals surface area contributed by atoms with Gasteiger partial charge in [-0.05, 0) is 24.3 Å². The molecular weight excluding hydrogens is 268 g/mol. The van der Waals surface area contributed by atoms with Crippen LogP contribution in [0.15, 0.2) is 54.6 Å². The second kappa shape index (κ2) is 5.66. The molecule has 0 aliphatic carbocycles. The van der Waals surface area contributed by atoms with Gasteiger partial charge in [0.2, 0.25) is 5.91 Å². The molecular formula is C16H14N2O3. The molecule has 0 spiro atoms. The predicted octanol–water partition coefficient (Wildman–Crippen LogP) is 2.41. The minimum atomic E-state index is -0.816. The van der Waals surface area contributed by atoms with Crippen LogP contribution >= 0.6 is 0 Å². The van der Waals surface area contributed by atoms with Gasteiger partial charge in [-0.1, -0.05) is 30.3 Å². The van der Waals surface area contributed by atoms with E-state index >= 15 is 0 Å². The first-order valence-electron chi connectivity index (χ1n) is 6.64. The van der Waals surface area contributed by atoms with Gasteiger partial charge < -0.3 is 15.4 Å². The molecule has 0 saturated carbocycles. The van der Waals surface area contributed by atoms with Crippen molar-refractivity contribution in [2.75, 3.05) is 10.6 Å². The Labute approximate surface area is 121 Å². The highest BCUT2D eigenvalue weighted by atomic mass is 16.5. The number of nitrogens with one attached hydrogen (secondary N) is 2. The first-order valence-corrected chi connectivity index (χ1v) is 6.64. The minimum Gasteiger partial charge on any atom is -0.478 e. The van der Waals surface area contributed by atoms with Gasteiger partial charge in [-0.15, -0.1) is 0 Å². The van der Waals surface area contributed by atoms with E-state index in [1.807, 2.05) is 30.3 Å². The van der Waals surface area contributed by atoms with E-state index in [1.165, 1.54) is 0 Å². The first kappa shape index (κ1) is 13.2. The van der Waals surface area contributed by atoms with Crippen molar-refractivity contribution in [1.82, 2.24) is 0 Å². The highest BCUT2D eigenvalue weighted by molar-refractivity contribution is 6.01. The van der Waals surface area contributed by atoms with Gasteiger partial charge in [0.1, 0.15) is 5.75 Å². The molecule has 106 valence electrons. The second-order valence-electron chi connectivity index (χ2n) is 4.71. The minimum absolute atomic E-state index is 0.0327. The van der Waals surface area contributed by atoms with Gasteiger partial charge in [0.15, 0.2) is 6.10 Å². The van der Waals surface area contributed by atoms with E-state index in [1.54, 1.807) is 24.3 Å². The van der Waals surface area contributed by atoms with Gasteiger partial charge in [-0.25, -0.2) is 0 Å². The summed E-state index contributed by atoms with van der Waals surface area (Å²) < 4.78 is 5.58. The van der Waals surface area contributed by atoms with Gasteiger partial charge in [-0.3, -0.25) is 9.59 Å². The zero-order chi connectivity index (χ0) is 14.7. The predicted molar refractivity (Wildman–Crippen MR) is 79.2 cm³/mol. The summed E-state index contributed by atoms with van der Waals surface area (Å²) in [6.07, 6.45) is -0.849. The molecule has 1 heterocycles. The SMILES string of the molecule is O=C(C[C@H]1Oc2ccccc2NC1=O)Nc1ccccc1. The third-order valence-corrected chi connectivity index (χ3v) is 3.13. The lowest BCUT2D eigenvalue weighted by Crippen LogP contribution is -2.39. The number of anilines is 2. The van der Waals surface area contributed by atoms with E-state index < -0.39 is 6.10 Å². The summed E-state index contributed by atoms with van der Waals surface area (Å²) in [6, 6.07) is 16.2. The van der Waals surface area contributed by atoms with Crippen LogP contribution in [0.2, 0.25) is 0 Å². The van der Waals surface area contributed by atoms with Crippen molar-refractivity contribution < 1.29 is 14.3 Å². The molecule has 3 rings (SSSR count). The summed E-state index contributed by atoms with van der Waals surface area (Å²) in [5.74, 6) is 0.00672. The Balaban J connectivity index is 1.65. The fraction of sp³-hybridized carbons (Fsp3) is 0.125. The average molecular weight is 282 g/mol. The maximum atomic E-state index is 12.0. The van der Waals surface area contributed by atoms with Gasteiger partial charge in [0.05, 0.1) is 12.1 Å². The van der Waals surface area contributed by atoms with Crippen LogP contribution in [0.4, 0.5) is 11.4 Å². The highest BCUT2D eigenvalue weighted by Crippen LogP contribution is 2.29. The van der Waals surface area contributed by atoms with Crippen LogP contribution in [0.5, 0.6) is 5.75 Å². The van der Waals surface area contributed by atoms with Crippen LogP contribution < -0.4 is 15.4 Å². The monoisotopic (exact) mass is 282 g/mol. The summed E-state index contributed by atoms with van der Waals surface area (Å²) in [4.78, 5) is 23.9. The number of rotatable bonds is 3. The molecule has 21 heavy (non-hydrogen) atoms. The Bertz CT molecular complexity index is 670. The average Bonchev–Trinajstić information content (AvgIpc) is 2.49. The second-order valence-corrected chi connectivity index (χ2v) is 4.71. The molecule has 5 heteroatoms. The Morgan fingerprint density at radius 2 is 1.81 bits per heavy atom. The summed E-state index contributed by atoms with van der Waals surface area (Å²) in [5, 5.41) is 5.47. The van der Waals surface area contributed by atoms with Crippen LogP contribution in [-0.2, 0) is 9.59 Å². The van der Waals surface area contributed by atoms with Crippen molar-refractivity contribution in [1.29, 1.82) is 0 Å². The van der Waals surface area contributed by atoms with Gasteiger partial charge >= 0.3 is 0 Å². The Kier molecular flexibility index (Phi) is 3.55. The van der Waals surface area contributed by atoms with E-state index in [0.717, 1.165) is 0 Å². The van der Waals surface area contributed by atoms with Crippen molar-refractivity contribution in [2.24, 2.45) is 0 Å². The van der Waals surface area contributed by atoms with E-state index in [-0.39, 0.29) is 18.2 Å². The maximum absolute atomic E-state index is 12.0. The van der Waals surface area contributed by atoms with Crippen LogP contribution in [0, 0.1) is 0 Å². The van der Waals surface area contributed by atoms with Crippen LogP contribution in [0.25, 0.3) is 0 Å². The number of hydrogen-bond donors (Lipinski definition) is 2. The maximum Gasteiger partial charge on any atom is 0.266 e. The zero-order valence-electron chi connectivity index (χ0n) is 11.2. The van der Waals surface area contributed by atoms with E-state index in [2.05, 4.69) is 10.6 Å². The fourth-order valence-electron chi connectivity index (χ4n) is 2.13. The van der Waals surface area contributed by atoms with Crippen LogP contribution in [0.1, 0.15) is 6.42 Å². The van der Waals surface area contributed by atoms with Crippen molar-refractivity contribution in [3.8, 4) is 5.75 Å². The number of fused-ring (bicyclic) bond motifs is 1. The Morgan fingerprint density at radius 3 is 2.62 bits per heavy atom. The Morgan fingerprint density at radius 1 is 1.10 bits per heavy atom. The lowest BCUT2D eigenvalue weighted by molar-refractivity contribution is -0.128. The standard InChI is InChI=1S/C16H14N2O3/c19-15(17-11-6-2-1-3-7-11)10-14-16(20)18-12-8-4-5-9-13(12)21-14/h1-9,14H,10H2,(H,17,19)(H,18,20)/t14-/m1/s1. The lowest BCUT2D eigenvalue weighted by atomic mass is 10.1. The normalized spacial score (nSPS) is 16.4. The zero-order valence-corrected chi connectivity index (χ0v) is 11.2. The van der Waals surface area contributed by atoms with Gasteiger partial charge in [0.25, 0.3) is 5.91 Å². The topological polar surface area (TPSA) is 67.4 Å². The number of benzene rings is 2. The molecule has 1 aliphatic rings. The molecule has 1 atom stereocenters. The quantitative estimate of drug-likeness (QED) is 0.908. The highest BCUT2D eigenvalue weighted by Gasteiger charge is 2.29. The van der Waals surface area contributed by atoms with Crippen LogP contribution in [-0.4, -0.2) is 17.9 Å². The summed E-state index contributed by atoms with van der Waals surface area (Å²) in [5.41, 5.74) is 1.32. The molecule has 0 unspecified atom stereocenters. The summed E-state index contributed by atoms with van der Waals surface area (Å²) in [6.45, 7) is 0. The first-order chi connectivity index (χ1) is 10.2. The molecule has 2 aromatic rings. The van der Waals surface area contributed by atoms with Crippen molar-refractivity contribution in [2.45, 2.75) is 12.5 Å². The van der Waals surface area contributed by atoms with Gasteiger partial charge in [-0.2, -0.15) is 0 Å². The van der Waals surface area contributed by atoms with Gasteiger partial charge in [0, 0.05) is 5.69 Å². The van der Waals surface area contributed by atoms with E-state index in [4.69, 9.17) is 4.74 Å². The molecule has 2 N–H and O–H groups in total. The number of ether oxygens (including phenoxy) is 1. The number of para-hydroxylation sites is 3. The molecule has 0 saturated heterocycles. The number of hydrogen-bond acceptors (Lipinski definition) is 3. The third-order valence-electron chi connectivity index (χ3n) is 3.13. The Hall–Kier alpha value is -2.82. The molecule has 0 aromatic heterocycles. The number of carbonyl (C=O) groups is 2. The molecule has 0 fully saturated rings. The molecule has 2 amide bonds.